The molecule has 0 saturated heterocycles. The van der Waals surface area contributed by atoms with E-state index in [1.165, 1.54) is 12.3 Å². The van der Waals surface area contributed by atoms with Crippen LogP contribution in [0.5, 0.6) is 0 Å². The maximum Gasteiger partial charge on any atom is 0.355 e. The molecule has 1 fully saturated rings. The van der Waals surface area contributed by atoms with Crippen molar-refractivity contribution < 1.29 is 18.3 Å². The summed E-state index contributed by atoms with van der Waals surface area (Å²) in [5.74, 6) is -0.808. The number of carboxylic acid groups (broad SMARTS) is 1. The predicted molar refractivity (Wildman–Crippen MR) is 96.1 cm³/mol. The van der Waals surface area contributed by atoms with Gasteiger partial charge in [0.1, 0.15) is 0 Å². The van der Waals surface area contributed by atoms with Crippen LogP contribution >= 0.6 is 0 Å². The highest BCUT2D eigenvalue weighted by Crippen LogP contribution is 2.45. The van der Waals surface area contributed by atoms with Crippen molar-refractivity contribution in [2.75, 3.05) is 6.26 Å². The Morgan fingerprint density at radius 1 is 1.31 bits per heavy atom. The van der Waals surface area contributed by atoms with Gasteiger partial charge in [-0.3, -0.25) is 5.10 Å². The second-order valence-electron chi connectivity index (χ2n) is 6.71. The minimum absolute atomic E-state index is 0.0627. The van der Waals surface area contributed by atoms with Crippen molar-refractivity contribution in [2.45, 2.75) is 30.6 Å². The summed E-state index contributed by atoms with van der Waals surface area (Å²) in [6.45, 7) is 1.70. The highest BCUT2D eigenvalue weighted by Gasteiger charge is 2.31. The van der Waals surface area contributed by atoms with Crippen molar-refractivity contribution in [1.82, 2.24) is 15.2 Å². The molecule has 1 aliphatic rings. The molecular formula is C18H17N3O4S. The quantitative estimate of drug-likeness (QED) is 0.729. The number of carboxylic acids is 1. The smallest absolute Gasteiger partial charge is 0.355 e. The first-order valence-electron chi connectivity index (χ1n) is 8.18. The number of fused-ring (bicyclic) bond motifs is 1. The summed E-state index contributed by atoms with van der Waals surface area (Å²) in [6, 6.07) is 4.85. The van der Waals surface area contributed by atoms with Crippen LogP contribution in [0, 0.1) is 6.92 Å². The van der Waals surface area contributed by atoms with E-state index in [1.54, 1.807) is 19.1 Å². The average Bonchev–Trinajstić information content (AvgIpc) is 3.31. The van der Waals surface area contributed by atoms with Crippen molar-refractivity contribution in [3.63, 3.8) is 0 Å². The molecule has 0 unspecified atom stereocenters. The maximum absolute atomic E-state index is 11.9. The number of aryl methyl sites for hydroxylation is 1. The number of carbonyl (C=O) groups is 1. The fourth-order valence-electron chi connectivity index (χ4n) is 3.35. The lowest BCUT2D eigenvalue weighted by molar-refractivity contribution is 0.0691. The summed E-state index contributed by atoms with van der Waals surface area (Å²) < 4.78 is 23.8. The topological polar surface area (TPSA) is 113 Å². The van der Waals surface area contributed by atoms with Gasteiger partial charge in [0.15, 0.2) is 15.5 Å². The third-order valence-electron chi connectivity index (χ3n) is 4.66. The summed E-state index contributed by atoms with van der Waals surface area (Å²) in [4.78, 5) is 16.1. The van der Waals surface area contributed by atoms with E-state index < -0.39 is 15.8 Å². The number of H-pyrrole nitrogens is 1. The van der Waals surface area contributed by atoms with Crippen molar-refractivity contribution >= 4 is 26.7 Å². The minimum Gasteiger partial charge on any atom is -0.476 e. The van der Waals surface area contributed by atoms with Crippen LogP contribution in [0.1, 0.15) is 40.5 Å². The standard InChI is InChI=1S/C18H17N3O4S/c1-9-7-11(5-6-13(9)26(2,24)25)14-15-12(8-19-17(14)18(22)23)20-21-16(15)10-3-4-10/h5-8,10H,3-4H2,1-2H3,(H,20,21)(H,22,23). The first-order chi connectivity index (χ1) is 12.3. The zero-order chi connectivity index (χ0) is 18.6. The number of hydrogen-bond acceptors (Lipinski definition) is 5. The molecule has 0 spiro atoms. The van der Waals surface area contributed by atoms with Crippen LogP contribution in [-0.4, -0.2) is 40.9 Å². The third-order valence-corrected chi connectivity index (χ3v) is 5.92. The molecule has 0 aliphatic heterocycles. The van der Waals surface area contributed by atoms with Crippen LogP contribution in [0.2, 0.25) is 0 Å². The molecule has 8 heteroatoms. The fourth-order valence-corrected chi connectivity index (χ4v) is 4.31. The largest absolute Gasteiger partial charge is 0.476 e. The number of pyridine rings is 1. The summed E-state index contributed by atoms with van der Waals surface area (Å²) in [6.07, 6.45) is 4.69. The Kier molecular flexibility index (Phi) is 3.62. The Balaban J connectivity index is 2.03. The van der Waals surface area contributed by atoms with E-state index in [1.807, 2.05) is 0 Å². The molecule has 7 nitrogen and oxygen atoms in total. The zero-order valence-electron chi connectivity index (χ0n) is 14.3. The van der Waals surface area contributed by atoms with Gasteiger partial charge in [0, 0.05) is 23.1 Å². The molecule has 3 aromatic rings. The predicted octanol–water partition coefficient (Wildman–Crippen LogP) is 2.91. The van der Waals surface area contributed by atoms with E-state index in [-0.39, 0.29) is 10.6 Å². The van der Waals surface area contributed by atoms with Gasteiger partial charge in [-0.2, -0.15) is 5.10 Å². The van der Waals surface area contributed by atoms with Crippen LogP contribution in [0.4, 0.5) is 0 Å². The SMILES string of the molecule is Cc1cc(-c2c(C(=O)O)ncc3[nH]nc(C4CC4)c23)ccc1S(C)(=O)=O. The van der Waals surface area contributed by atoms with Gasteiger partial charge in [-0.05, 0) is 37.0 Å². The van der Waals surface area contributed by atoms with E-state index in [0.717, 1.165) is 30.2 Å². The van der Waals surface area contributed by atoms with E-state index in [0.29, 0.717) is 28.1 Å². The molecule has 1 aliphatic carbocycles. The van der Waals surface area contributed by atoms with Crippen molar-refractivity contribution in [3.05, 3.63) is 41.3 Å². The Bertz CT molecular complexity index is 1160. The number of aromatic carboxylic acids is 1. The maximum atomic E-state index is 11.9. The molecule has 0 radical (unpaired) electrons. The summed E-state index contributed by atoms with van der Waals surface area (Å²) >= 11 is 0. The highest BCUT2D eigenvalue weighted by molar-refractivity contribution is 7.90. The molecule has 2 heterocycles. The number of benzene rings is 1. The van der Waals surface area contributed by atoms with Gasteiger partial charge in [0.25, 0.3) is 0 Å². The zero-order valence-corrected chi connectivity index (χ0v) is 15.1. The second-order valence-corrected chi connectivity index (χ2v) is 8.70. The Labute approximate surface area is 150 Å². The first kappa shape index (κ1) is 16.7. The summed E-state index contributed by atoms with van der Waals surface area (Å²) in [5, 5.41) is 17.7. The van der Waals surface area contributed by atoms with Crippen molar-refractivity contribution in [3.8, 4) is 11.1 Å². The molecule has 0 bridgehead atoms. The highest BCUT2D eigenvalue weighted by atomic mass is 32.2. The summed E-state index contributed by atoms with van der Waals surface area (Å²) in [7, 11) is -3.35. The molecule has 0 amide bonds. The number of hydrogen-bond donors (Lipinski definition) is 2. The lowest BCUT2D eigenvalue weighted by atomic mass is 9.96. The van der Waals surface area contributed by atoms with E-state index in [4.69, 9.17) is 0 Å². The first-order valence-corrected chi connectivity index (χ1v) is 10.1. The summed E-state index contributed by atoms with van der Waals surface area (Å²) in [5.41, 5.74) is 3.13. The normalized spacial score (nSPS) is 14.7. The van der Waals surface area contributed by atoms with E-state index >= 15 is 0 Å². The fraction of sp³-hybridized carbons (Fsp3) is 0.278. The molecule has 4 rings (SSSR count). The van der Waals surface area contributed by atoms with Gasteiger partial charge in [-0.15, -0.1) is 0 Å². The molecule has 0 atom stereocenters. The van der Waals surface area contributed by atoms with Crippen LogP contribution in [0.15, 0.2) is 29.3 Å². The Hall–Kier alpha value is -2.74. The Morgan fingerprint density at radius 3 is 2.62 bits per heavy atom. The molecule has 2 N–H and O–H groups in total. The number of nitrogens with one attached hydrogen (secondary N) is 1. The number of aromatic nitrogens is 3. The second kappa shape index (κ2) is 5.63. The minimum atomic E-state index is -3.35. The Morgan fingerprint density at radius 2 is 2.04 bits per heavy atom. The molecule has 1 aromatic carbocycles. The average molecular weight is 371 g/mol. The van der Waals surface area contributed by atoms with Crippen LogP contribution in [0.25, 0.3) is 22.0 Å². The lowest BCUT2D eigenvalue weighted by Gasteiger charge is -2.11. The van der Waals surface area contributed by atoms with Gasteiger partial charge in [0.2, 0.25) is 0 Å². The number of sulfone groups is 1. The number of aromatic amines is 1. The lowest BCUT2D eigenvalue weighted by Crippen LogP contribution is -2.05. The molecular weight excluding hydrogens is 354 g/mol. The van der Waals surface area contributed by atoms with Crippen LogP contribution in [0.3, 0.4) is 0 Å². The number of rotatable bonds is 4. The molecule has 2 aromatic heterocycles. The van der Waals surface area contributed by atoms with Crippen LogP contribution in [-0.2, 0) is 9.84 Å². The van der Waals surface area contributed by atoms with Gasteiger partial charge in [0.05, 0.1) is 22.3 Å². The van der Waals surface area contributed by atoms with Gasteiger partial charge in [-0.25, -0.2) is 18.2 Å². The van der Waals surface area contributed by atoms with Crippen molar-refractivity contribution in [1.29, 1.82) is 0 Å². The van der Waals surface area contributed by atoms with Crippen molar-refractivity contribution in [2.24, 2.45) is 0 Å². The molecule has 134 valence electrons. The van der Waals surface area contributed by atoms with Gasteiger partial charge >= 0.3 is 5.97 Å². The van der Waals surface area contributed by atoms with E-state index in [9.17, 15) is 18.3 Å². The van der Waals surface area contributed by atoms with Gasteiger partial charge < -0.3 is 5.11 Å². The number of nitrogens with zero attached hydrogens (tertiary/aromatic N) is 2. The van der Waals surface area contributed by atoms with Crippen LogP contribution < -0.4 is 0 Å². The van der Waals surface area contributed by atoms with Gasteiger partial charge in [-0.1, -0.05) is 12.1 Å². The molecule has 26 heavy (non-hydrogen) atoms. The van der Waals surface area contributed by atoms with E-state index in [2.05, 4.69) is 15.2 Å². The third kappa shape index (κ3) is 2.66. The molecule has 1 saturated carbocycles. The monoisotopic (exact) mass is 371 g/mol.